The summed E-state index contributed by atoms with van der Waals surface area (Å²) in [6, 6.07) is 19.1. The lowest BCUT2D eigenvalue weighted by molar-refractivity contribution is -0.119. The van der Waals surface area contributed by atoms with E-state index < -0.39 is 22.5 Å². The summed E-state index contributed by atoms with van der Waals surface area (Å²) >= 11 is 3.44. The fourth-order valence-electron chi connectivity index (χ4n) is 3.57. The van der Waals surface area contributed by atoms with Gasteiger partial charge in [0, 0.05) is 4.47 Å². The number of halogens is 1. The normalized spacial score (nSPS) is 11.3. The third-order valence-electron chi connectivity index (χ3n) is 5.53. The number of aryl methyl sites for hydroxylation is 3. The topological polar surface area (TPSA) is 63.7 Å². The predicted octanol–water partition coefficient (Wildman–Crippen LogP) is 6.46. The number of anilines is 1. The molecule has 0 aliphatic carbocycles. The molecule has 0 aliphatic rings. The highest BCUT2D eigenvalue weighted by atomic mass is 79.9. The minimum absolute atomic E-state index is 0.0550. The van der Waals surface area contributed by atoms with Crippen LogP contribution in [0, 0.1) is 6.92 Å². The van der Waals surface area contributed by atoms with Crippen LogP contribution in [0.3, 0.4) is 0 Å². The van der Waals surface area contributed by atoms with Gasteiger partial charge >= 0.3 is 0 Å². The molecule has 0 fully saturated rings. The average Bonchev–Trinajstić information content (AvgIpc) is 2.83. The molecule has 3 aromatic rings. The molecule has 1 amide bonds. The van der Waals surface area contributed by atoms with E-state index in [-0.39, 0.29) is 4.90 Å². The number of amides is 1. The number of nitrogens with zero attached hydrogens (tertiary/aromatic N) is 1. The molecular weight excluding hydrogens is 514 g/mol. The highest BCUT2D eigenvalue weighted by Gasteiger charge is 2.31. The molecule has 0 aromatic heterocycles. The van der Waals surface area contributed by atoms with E-state index in [4.69, 9.17) is 4.74 Å². The summed E-state index contributed by atoms with van der Waals surface area (Å²) in [5.41, 5.74) is 3.25. The maximum absolute atomic E-state index is 13.6. The zero-order valence-corrected chi connectivity index (χ0v) is 22.2. The van der Waals surface area contributed by atoms with E-state index in [0.29, 0.717) is 17.9 Å². The standard InChI is InChI=1S/C27H30BrNO4S/c1-4-6-7-21-10-13-24(14-11-21)29(34(31,32)25-15-8-20(3)9-16-25)27(30)19-33-26-17-12-23(28)18-22(26)5-2/h8-18H,4-7,19H2,1-3H3. The van der Waals surface area contributed by atoms with Crippen LogP contribution < -0.4 is 9.04 Å². The number of unbranched alkanes of at least 4 members (excludes halogenated alkanes) is 1. The molecule has 34 heavy (non-hydrogen) atoms. The third-order valence-corrected chi connectivity index (χ3v) is 7.79. The average molecular weight is 545 g/mol. The summed E-state index contributed by atoms with van der Waals surface area (Å²) in [5.74, 6) is -0.103. The Bertz CT molecular complexity index is 1220. The highest BCUT2D eigenvalue weighted by Crippen LogP contribution is 2.27. The lowest BCUT2D eigenvalue weighted by Crippen LogP contribution is -2.40. The lowest BCUT2D eigenvalue weighted by atomic mass is 10.1. The minimum atomic E-state index is -4.13. The highest BCUT2D eigenvalue weighted by molar-refractivity contribution is 9.10. The molecule has 0 saturated heterocycles. The largest absolute Gasteiger partial charge is 0.483 e. The van der Waals surface area contributed by atoms with Gasteiger partial charge in [-0.1, -0.05) is 66.0 Å². The van der Waals surface area contributed by atoms with Gasteiger partial charge < -0.3 is 4.74 Å². The van der Waals surface area contributed by atoms with Crippen molar-refractivity contribution in [2.75, 3.05) is 10.9 Å². The van der Waals surface area contributed by atoms with Crippen LogP contribution in [0.2, 0.25) is 0 Å². The quantitative estimate of drug-likeness (QED) is 0.294. The van der Waals surface area contributed by atoms with Crippen LogP contribution in [0.4, 0.5) is 5.69 Å². The van der Waals surface area contributed by atoms with Crippen molar-refractivity contribution in [2.45, 2.75) is 51.3 Å². The Hall–Kier alpha value is -2.64. The van der Waals surface area contributed by atoms with Gasteiger partial charge in [-0.25, -0.2) is 8.42 Å². The summed E-state index contributed by atoms with van der Waals surface area (Å²) in [5, 5.41) is 0. The molecule has 0 spiro atoms. The van der Waals surface area contributed by atoms with Gasteiger partial charge in [-0.3, -0.25) is 4.79 Å². The number of sulfonamides is 1. The van der Waals surface area contributed by atoms with Crippen LogP contribution in [-0.4, -0.2) is 20.9 Å². The Balaban J connectivity index is 1.94. The van der Waals surface area contributed by atoms with Crippen LogP contribution >= 0.6 is 15.9 Å². The second-order valence-corrected chi connectivity index (χ2v) is 10.8. The van der Waals surface area contributed by atoms with Gasteiger partial charge in [0.1, 0.15) is 5.75 Å². The molecule has 5 nitrogen and oxygen atoms in total. The molecule has 3 aromatic carbocycles. The van der Waals surface area contributed by atoms with Crippen molar-refractivity contribution in [3.8, 4) is 5.75 Å². The molecule has 0 bridgehead atoms. The Labute approximate surface area is 210 Å². The number of carbonyl (C=O) groups is 1. The fraction of sp³-hybridized carbons (Fsp3) is 0.296. The summed E-state index contributed by atoms with van der Waals surface area (Å²) in [7, 11) is -4.13. The molecule has 0 N–H and O–H groups in total. The zero-order valence-electron chi connectivity index (χ0n) is 19.8. The van der Waals surface area contributed by atoms with Crippen molar-refractivity contribution in [3.63, 3.8) is 0 Å². The van der Waals surface area contributed by atoms with E-state index in [1.807, 2.05) is 38.1 Å². The smallest absolute Gasteiger partial charge is 0.278 e. The summed E-state index contributed by atoms with van der Waals surface area (Å²) in [4.78, 5) is 13.4. The predicted molar refractivity (Wildman–Crippen MR) is 140 cm³/mol. The van der Waals surface area contributed by atoms with Crippen LogP contribution in [0.5, 0.6) is 5.75 Å². The van der Waals surface area contributed by atoms with Crippen LogP contribution in [-0.2, 0) is 27.7 Å². The zero-order chi connectivity index (χ0) is 24.7. The van der Waals surface area contributed by atoms with Crippen molar-refractivity contribution in [1.29, 1.82) is 0 Å². The number of hydrogen-bond donors (Lipinski definition) is 0. The van der Waals surface area contributed by atoms with Crippen molar-refractivity contribution < 1.29 is 17.9 Å². The van der Waals surface area contributed by atoms with E-state index in [9.17, 15) is 13.2 Å². The van der Waals surface area contributed by atoms with Crippen LogP contribution in [0.15, 0.2) is 76.1 Å². The van der Waals surface area contributed by atoms with Gasteiger partial charge in [-0.2, -0.15) is 4.31 Å². The van der Waals surface area contributed by atoms with Gasteiger partial charge in [0.25, 0.3) is 15.9 Å². The first-order valence-electron chi connectivity index (χ1n) is 11.4. The Morgan fingerprint density at radius 1 is 0.971 bits per heavy atom. The molecule has 3 rings (SSSR count). The van der Waals surface area contributed by atoms with E-state index in [1.54, 1.807) is 30.3 Å². The van der Waals surface area contributed by atoms with Gasteiger partial charge in [-0.15, -0.1) is 0 Å². The first-order valence-corrected chi connectivity index (χ1v) is 13.6. The van der Waals surface area contributed by atoms with Crippen LogP contribution in [0.1, 0.15) is 43.4 Å². The van der Waals surface area contributed by atoms with Gasteiger partial charge in [-0.05, 0) is 79.8 Å². The molecule has 0 heterocycles. The molecular formula is C27H30BrNO4S. The Kier molecular flexibility index (Phi) is 8.91. The maximum atomic E-state index is 13.6. The Morgan fingerprint density at radius 3 is 2.26 bits per heavy atom. The monoisotopic (exact) mass is 543 g/mol. The van der Waals surface area contributed by atoms with E-state index in [1.165, 1.54) is 12.1 Å². The van der Waals surface area contributed by atoms with Crippen molar-refractivity contribution in [1.82, 2.24) is 0 Å². The van der Waals surface area contributed by atoms with Gasteiger partial charge in [0.2, 0.25) is 0 Å². The second kappa shape index (κ2) is 11.7. The number of rotatable bonds is 10. The molecule has 0 unspecified atom stereocenters. The van der Waals surface area contributed by atoms with E-state index in [2.05, 4.69) is 22.9 Å². The number of hydrogen-bond acceptors (Lipinski definition) is 4. The third kappa shape index (κ3) is 6.27. The SMILES string of the molecule is CCCCc1ccc(N(C(=O)COc2ccc(Br)cc2CC)S(=O)(=O)c2ccc(C)cc2)cc1. The minimum Gasteiger partial charge on any atom is -0.483 e. The first-order chi connectivity index (χ1) is 16.3. The van der Waals surface area contributed by atoms with Crippen LogP contribution in [0.25, 0.3) is 0 Å². The van der Waals surface area contributed by atoms with Crippen molar-refractivity contribution in [3.05, 3.63) is 87.9 Å². The van der Waals surface area contributed by atoms with Gasteiger partial charge in [0.05, 0.1) is 10.6 Å². The first kappa shape index (κ1) is 26.0. The molecule has 7 heteroatoms. The van der Waals surface area contributed by atoms with Gasteiger partial charge in [0.15, 0.2) is 6.61 Å². The van der Waals surface area contributed by atoms with E-state index >= 15 is 0 Å². The number of ether oxygens (including phenoxy) is 1. The lowest BCUT2D eigenvalue weighted by Gasteiger charge is -2.23. The van der Waals surface area contributed by atoms with Crippen molar-refractivity contribution in [2.24, 2.45) is 0 Å². The summed E-state index contributed by atoms with van der Waals surface area (Å²) < 4.78 is 34.7. The summed E-state index contributed by atoms with van der Waals surface area (Å²) in [6.45, 7) is 5.59. The van der Waals surface area contributed by atoms with Crippen molar-refractivity contribution >= 4 is 37.5 Å². The number of carbonyl (C=O) groups excluding carboxylic acids is 1. The number of benzene rings is 3. The molecule has 180 valence electrons. The molecule has 0 atom stereocenters. The molecule has 0 aliphatic heterocycles. The summed E-state index contributed by atoms with van der Waals surface area (Å²) in [6.07, 6.45) is 3.74. The maximum Gasteiger partial charge on any atom is 0.278 e. The second-order valence-electron chi connectivity index (χ2n) is 8.14. The molecule has 0 saturated carbocycles. The molecule has 0 radical (unpaired) electrons. The fourth-order valence-corrected chi connectivity index (χ4v) is 5.39. The van der Waals surface area contributed by atoms with E-state index in [0.717, 1.165) is 44.7 Å². The Morgan fingerprint density at radius 2 is 1.65 bits per heavy atom.